The zero-order valence-corrected chi connectivity index (χ0v) is 9.87. The number of hydrogen-bond donors (Lipinski definition) is 1. The zero-order valence-electron chi connectivity index (χ0n) is 9.87. The molecule has 1 aliphatic rings. The molecule has 1 N–H and O–H groups in total. The summed E-state index contributed by atoms with van der Waals surface area (Å²) in [6.07, 6.45) is 1.04. The van der Waals surface area contributed by atoms with Crippen LogP contribution in [0.3, 0.4) is 0 Å². The highest BCUT2D eigenvalue weighted by Gasteiger charge is 2.46. The molecule has 0 saturated heterocycles. The molecule has 0 aromatic heterocycles. The van der Waals surface area contributed by atoms with E-state index in [1.54, 1.807) is 0 Å². The van der Waals surface area contributed by atoms with E-state index in [2.05, 4.69) is 27.7 Å². The quantitative estimate of drug-likeness (QED) is 0.740. The van der Waals surface area contributed by atoms with Crippen LogP contribution < -0.4 is 0 Å². The molecule has 0 aliphatic heterocycles. The topological polar surface area (TPSA) is 37.3 Å². The fourth-order valence-corrected chi connectivity index (χ4v) is 2.88. The molecule has 0 amide bonds. The van der Waals surface area contributed by atoms with Crippen molar-refractivity contribution in [3.05, 3.63) is 0 Å². The third-order valence-corrected chi connectivity index (χ3v) is 4.49. The highest BCUT2D eigenvalue weighted by molar-refractivity contribution is 5.70. The normalized spacial score (nSPS) is 38.2. The number of aliphatic carboxylic acids is 1. The second-order valence-electron chi connectivity index (χ2n) is 5.63. The average molecular weight is 198 g/mol. The predicted octanol–water partition coefficient (Wildman–Crippen LogP) is 3.03. The second-order valence-corrected chi connectivity index (χ2v) is 5.63. The van der Waals surface area contributed by atoms with Crippen LogP contribution in [-0.4, -0.2) is 11.1 Å². The van der Waals surface area contributed by atoms with E-state index in [4.69, 9.17) is 5.11 Å². The molecule has 4 atom stereocenters. The molecule has 1 fully saturated rings. The lowest BCUT2D eigenvalue weighted by atomic mass is 9.80. The summed E-state index contributed by atoms with van der Waals surface area (Å²) >= 11 is 0. The number of carboxylic acid groups (broad SMARTS) is 1. The van der Waals surface area contributed by atoms with Gasteiger partial charge >= 0.3 is 5.97 Å². The standard InChI is InChI=1S/C12H22O2/c1-7-9(3)12(4,5)6-10(7)8(2)11(13)14/h7-10H,6H2,1-5H3,(H,13,14)/t7?,8-,9+,10-/m1/s1. The van der Waals surface area contributed by atoms with Crippen molar-refractivity contribution in [2.24, 2.45) is 29.1 Å². The zero-order chi connectivity index (χ0) is 11.1. The van der Waals surface area contributed by atoms with Gasteiger partial charge in [-0.1, -0.05) is 34.6 Å². The van der Waals surface area contributed by atoms with Crippen molar-refractivity contribution in [1.82, 2.24) is 0 Å². The largest absolute Gasteiger partial charge is 0.481 e. The highest BCUT2D eigenvalue weighted by atomic mass is 16.4. The van der Waals surface area contributed by atoms with E-state index in [9.17, 15) is 4.79 Å². The van der Waals surface area contributed by atoms with Crippen LogP contribution >= 0.6 is 0 Å². The molecule has 0 aromatic rings. The Morgan fingerprint density at radius 2 is 1.93 bits per heavy atom. The molecule has 1 unspecified atom stereocenters. The molecule has 0 radical (unpaired) electrons. The highest BCUT2D eigenvalue weighted by Crippen LogP contribution is 2.51. The molecule has 0 aromatic carbocycles. The van der Waals surface area contributed by atoms with Gasteiger partial charge in [0.2, 0.25) is 0 Å². The molecular weight excluding hydrogens is 176 g/mol. The van der Waals surface area contributed by atoms with Crippen LogP contribution in [0.15, 0.2) is 0 Å². The maximum Gasteiger partial charge on any atom is 0.306 e. The lowest BCUT2D eigenvalue weighted by Gasteiger charge is -2.25. The summed E-state index contributed by atoms with van der Waals surface area (Å²) in [5, 5.41) is 9.02. The predicted molar refractivity (Wildman–Crippen MR) is 57.0 cm³/mol. The van der Waals surface area contributed by atoms with E-state index in [1.165, 1.54) is 0 Å². The molecule has 1 aliphatic carbocycles. The van der Waals surface area contributed by atoms with Crippen LogP contribution in [0.4, 0.5) is 0 Å². The fourth-order valence-electron chi connectivity index (χ4n) is 2.88. The molecule has 2 heteroatoms. The summed E-state index contributed by atoms with van der Waals surface area (Å²) in [4.78, 5) is 10.9. The van der Waals surface area contributed by atoms with E-state index < -0.39 is 5.97 Å². The monoisotopic (exact) mass is 198 g/mol. The van der Waals surface area contributed by atoms with Gasteiger partial charge in [-0.25, -0.2) is 0 Å². The van der Waals surface area contributed by atoms with Crippen LogP contribution in [-0.2, 0) is 4.79 Å². The number of carbonyl (C=O) groups is 1. The smallest absolute Gasteiger partial charge is 0.306 e. The van der Waals surface area contributed by atoms with Gasteiger partial charge in [0.15, 0.2) is 0 Å². The summed E-state index contributed by atoms with van der Waals surface area (Å²) in [6.45, 7) is 10.8. The lowest BCUT2D eigenvalue weighted by Crippen LogP contribution is -2.23. The van der Waals surface area contributed by atoms with Gasteiger partial charge in [0.25, 0.3) is 0 Å². The number of carboxylic acids is 1. The van der Waals surface area contributed by atoms with Gasteiger partial charge in [-0.05, 0) is 29.6 Å². The average Bonchev–Trinajstić information content (AvgIpc) is 2.28. The first-order valence-electron chi connectivity index (χ1n) is 5.50. The van der Waals surface area contributed by atoms with Crippen LogP contribution in [0.25, 0.3) is 0 Å². The summed E-state index contributed by atoms with van der Waals surface area (Å²) in [5.74, 6) is 0.642. The van der Waals surface area contributed by atoms with Gasteiger partial charge < -0.3 is 5.11 Å². The minimum absolute atomic E-state index is 0.200. The first-order valence-corrected chi connectivity index (χ1v) is 5.50. The summed E-state index contributed by atoms with van der Waals surface area (Å²) in [7, 11) is 0. The van der Waals surface area contributed by atoms with Gasteiger partial charge in [0.1, 0.15) is 0 Å². The summed E-state index contributed by atoms with van der Waals surface area (Å²) < 4.78 is 0. The van der Waals surface area contributed by atoms with E-state index in [0.717, 1.165) is 6.42 Å². The van der Waals surface area contributed by atoms with Crippen molar-refractivity contribution >= 4 is 5.97 Å². The second kappa shape index (κ2) is 3.56. The Morgan fingerprint density at radius 3 is 2.21 bits per heavy atom. The maximum atomic E-state index is 10.9. The van der Waals surface area contributed by atoms with Gasteiger partial charge in [0.05, 0.1) is 5.92 Å². The Labute approximate surface area is 86.7 Å². The number of rotatable bonds is 2. The molecule has 1 saturated carbocycles. The molecule has 0 bridgehead atoms. The van der Waals surface area contributed by atoms with Crippen LogP contribution in [0.5, 0.6) is 0 Å². The molecule has 0 heterocycles. The van der Waals surface area contributed by atoms with Crippen molar-refractivity contribution < 1.29 is 9.90 Å². The Kier molecular flexibility index (Phi) is 2.93. The molecule has 2 nitrogen and oxygen atoms in total. The maximum absolute atomic E-state index is 10.9. The van der Waals surface area contributed by atoms with E-state index >= 15 is 0 Å². The van der Waals surface area contributed by atoms with E-state index in [-0.39, 0.29) is 5.92 Å². The van der Waals surface area contributed by atoms with Gasteiger partial charge in [-0.15, -0.1) is 0 Å². The minimum atomic E-state index is -0.647. The van der Waals surface area contributed by atoms with Crippen molar-refractivity contribution in [3.63, 3.8) is 0 Å². The van der Waals surface area contributed by atoms with Crippen molar-refractivity contribution in [2.45, 2.75) is 41.0 Å². The molecule has 1 rings (SSSR count). The SMILES string of the molecule is CC1[C@H]([C@@H](C)C(=O)O)CC(C)(C)[C@H]1C. The first kappa shape index (κ1) is 11.5. The fraction of sp³-hybridized carbons (Fsp3) is 0.917. The van der Waals surface area contributed by atoms with E-state index in [0.29, 0.717) is 23.2 Å². The molecule has 0 spiro atoms. The Hall–Kier alpha value is -0.530. The van der Waals surface area contributed by atoms with E-state index in [1.807, 2.05) is 6.92 Å². The van der Waals surface area contributed by atoms with Gasteiger partial charge in [0, 0.05) is 0 Å². The van der Waals surface area contributed by atoms with Gasteiger partial charge in [-0.3, -0.25) is 4.79 Å². The van der Waals surface area contributed by atoms with Crippen LogP contribution in [0, 0.1) is 29.1 Å². The summed E-state index contributed by atoms with van der Waals surface area (Å²) in [6, 6.07) is 0. The summed E-state index contributed by atoms with van der Waals surface area (Å²) in [5.41, 5.74) is 0.299. The van der Waals surface area contributed by atoms with Crippen LogP contribution in [0.1, 0.15) is 41.0 Å². The van der Waals surface area contributed by atoms with Crippen LogP contribution in [0.2, 0.25) is 0 Å². The first-order chi connectivity index (χ1) is 6.27. The number of hydrogen-bond acceptors (Lipinski definition) is 1. The minimum Gasteiger partial charge on any atom is -0.481 e. The van der Waals surface area contributed by atoms with Crippen molar-refractivity contribution in [3.8, 4) is 0 Å². The molecular formula is C12H22O2. The Morgan fingerprint density at radius 1 is 1.43 bits per heavy atom. The Balaban J connectivity index is 2.80. The third-order valence-electron chi connectivity index (χ3n) is 4.49. The molecule has 14 heavy (non-hydrogen) atoms. The van der Waals surface area contributed by atoms with Gasteiger partial charge in [-0.2, -0.15) is 0 Å². The molecule has 82 valence electrons. The third kappa shape index (κ3) is 1.79. The van der Waals surface area contributed by atoms with Crippen molar-refractivity contribution in [1.29, 1.82) is 0 Å². The Bertz CT molecular complexity index is 232. The van der Waals surface area contributed by atoms with Crippen molar-refractivity contribution in [2.75, 3.05) is 0 Å². The lowest BCUT2D eigenvalue weighted by molar-refractivity contribution is -0.143.